The number of benzene rings is 1. The Morgan fingerprint density at radius 3 is 2.36 bits per heavy atom. The summed E-state index contributed by atoms with van der Waals surface area (Å²) < 4.78 is 39.0. The largest absolute Gasteiger partial charge is 0.416 e. The summed E-state index contributed by atoms with van der Waals surface area (Å²) in [5.74, 6) is -0.311. The molecule has 1 unspecified atom stereocenters. The van der Waals surface area contributed by atoms with Gasteiger partial charge in [-0.15, -0.1) is 0 Å². The first-order chi connectivity index (χ1) is 13.3. The van der Waals surface area contributed by atoms with Gasteiger partial charge in [0.15, 0.2) is 5.82 Å². The fourth-order valence-electron chi connectivity index (χ4n) is 2.69. The molecule has 2 aromatic heterocycles. The predicted molar refractivity (Wildman–Crippen MR) is 95.1 cm³/mol. The van der Waals surface area contributed by atoms with Crippen molar-refractivity contribution in [3.8, 4) is 11.5 Å². The maximum absolute atomic E-state index is 13.0. The topological polar surface area (TPSA) is 80.7 Å². The molecule has 0 spiro atoms. The van der Waals surface area contributed by atoms with E-state index in [1.54, 1.807) is 25.4 Å². The SMILES string of the molecule is Cc1cc(C(=O)NC(C)c2nccnc2-c2ncccn2)cc(C(F)(F)F)c1. The minimum atomic E-state index is -4.53. The molecule has 0 aliphatic heterocycles. The quantitative estimate of drug-likeness (QED) is 0.737. The van der Waals surface area contributed by atoms with Crippen LogP contribution in [-0.2, 0) is 6.18 Å². The number of aryl methyl sites for hydroxylation is 1. The second kappa shape index (κ2) is 7.71. The van der Waals surface area contributed by atoms with E-state index < -0.39 is 23.7 Å². The van der Waals surface area contributed by atoms with Crippen LogP contribution in [0.15, 0.2) is 49.1 Å². The van der Waals surface area contributed by atoms with E-state index in [9.17, 15) is 18.0 Å². The standard InChI is InChI=1S/C19H16F3N5O/c1-11-8-13(10-14(9-11)19(20,21)22)18(28)27-12(2)15-16(24-7-6-23-15)17-25-4-3-5-26-17/h3-10,12H,1-2H3,(H,27,28). The van der Waals surface area contributed by atoms with Gasteiger partial charge < -0.3 is 5.32 Å². The molecule has 0 saturated heterocycles. The van der Waals surface area contributed by atoms with E-state index in [4.69, 9.17) is 0 Å². The number of hydrogen-bond donors (Lipinski definition) is 1. The van der Waals surface area contributed by atoms with Crippen LogP contribution in [0.25, 0.3) is 11.5 Å². The van der Waals surface area contributed by atoms with Crippen LogP contribution in [-0.4, -0.2) is 25.8 Å². The van der Waals surface area contributed by atoms with Gasteiger partial charge in [-0.05, 0) is 43.7 Å². The van der Waals surface area contributed by atoms with Crippen molar-refractivity contribution in [2.24, 2.45) is 0 Å². The van der Waals surface area contributed by atoms with Gasteiger partial charge >= 0.3 is 6.18 Å². The van der Waals surface area contributed by atoms with Crippen LogP contribution in [0.4, 0.5) is 13.2 Å². The van der Waals surface area contributed by atoms with Gasteiger partial charge in [0.05, 0.1) is 17.3 Å². The van der Waals surface area contributed by atoms with E-state index in [1.165, 1.54) is 25.4 Å². The number of alkyl halides is 3. The van der Waals surface area contributed by atoms with Crippen LogP contribution in [0.2, 0.25) is 0 Å². The third-order valence-corrected chi connectivity index (χ3v) is 3.93. The summed E-state index contributed by atoms with van der Waals surface area (Å²) in [6.45, 7) is 3.16. The van der Waals surface area contributed by atoms with Gasteiger partial charge in [-0.1, -0.05) is 0 Å². The summed E-state index contributed by atoms with van der Waals surface area (Å²) in [6, 6.07) is 4.24. The zero-order valence-corrected chi connectivity index (χ0v) is 15.0. The molecule has 1 aromatic carbocycles. The number of halogens is 3. The first-order valence-corrected chi connectivity index (χ1v) is 8.34. The summed E-state index contributed by atoms with van der Waals surface area (Å²) in [5.41, 5.74) is 0.177. The first kappa shape index (κ1) is 19.4. The number of amides is 1. The molecule has 1 amide bonds. The fourth-order valence-corrected chi connectivity index (χ4v) is 2.69. The molecule has 1 N–H and O–H groups in total. The van der Waals surface area contributed by atoms with E-state index in [0.29, 0.717) is 22.8 Å². The minimum absolute atomic E-state index is 0.0828. The van der Waals surface area contributed by atoms with E-state index in [0.717, 1.165) is 12.1 Å². The van der Waals surface area contributed by atoms with Gasteiger partial charge in [0, 0.05) is 30.4 Å². The van der Waals surface area contributed by atoms with E-state index in [1.807, 2.05) is 0 Å². The second-order valence-electron chi connectivity index (χ2n) is 6.14. The summed E-state index contributed by atoms with van der Waals surface area (Å²) in [5, 5.41) is 2.66. The average Bonchev–Trinajstić information content (AvgIpc) is 2.67. The molecule has 3 aromatic rings. The van der Waals surface area contributed by atoms with Crippen molar-refractivity contribution in [1.29, 1.82) is 0 Å². The molecule has 2 heterocycles. The highest BCUT2D eigenvalue weighted by Crippen LogP contribution is 2.31. The monoisotopic (exact) mass is 387 g/mol. The molecule has 144 valence electrons. The number of carbonyl (C=O) groups is 1. The maximum Gasteiger partial charge on any atom is 0.416 e. The van der Waals surface area contributed by atoms with Gasteiger partial charge in [0.1, 0.15) is 5.69 Å². The Balaban J connectivity index is 1.88. The van der Waals surface area contributed by atoms with Crippen molar-refractivity contribution in [2.45, 2.75) is 26.1 Å². The normalized spacial score (nSPS) is 12.5. The van der Waals surface area contributed by atoms with Crippen LogP contribution in [0.5, 0.6) is 0 Å². The molecule has 0 fully saturated rings. The fraction of sp³-hybridized carbons (Fsp3) is 0.211. The molecule has 0 aliphatic rings. The molecule has 0 saturated carbocycles. The van der Waals surface area contributed by atoms with Gasteiger partial charge in [-0.2, -0.15) is 13.2 Å². The van der Waals surface area contributed by atoms with Crippen LogP contribution in [0, 0.1) is 6.92 Å². The Labute approximate surface area is 158 Å². The number of hydrogen-bond acceptors (Lipinski definition) is 5. The Hall–Kier alpha value is -3.36. The number of nitrogens with zero attached hydrogens (tertiary/aromatic N) is 4. The van der Waals surface area contributed by atoms with Crippen molar-refractivity contribution in [2.75, 3.05) is 0 Å². The summed E-state index contributed by atoms with van der Waals surface area (Å²) in [6.07, 6.45) is 1.50. The van der Waals surface area contributed by atoms with Crippen molar-refractivity contribution in [1.82, 2.24) is 25.3 Å². The molecule has 1 atom stereocenters. The molecule has 0 aliphatic carbocycles. The van der Waals surface area contributed by atoms with Crippen molar-refractivity contribution in [3.63, 3.8) is 0 Å². The van der Waals surface area contributed by atoms with Gasteiger partial charge in [0.2, 0.25) is 0 Å². The van der Waals surface area contributed by atoms with Crippen LogP contribution < -0.4 is 5.32 Å². The highest BCUT2D eigenvalue weighted by atomic mass is 19.4. The number of nitrogens with one attached hydrogen (secondary N) is 1. The van der Waals surface area contributed by atoms with Gasteiger partial charge in [-0.3, -0.25) is 9.78 Å². The molecular formula is C19H16F3N5O. The lowest BCUT2D eigenvalue weighted by Gasteiger charge is -2.16. The van der Waals surface area contributed by atoms with Crippen LogP contribution in [0.1, 0.15) is 40.1 Å². The summed E-state index contributed by atoms with van der Waals surface area (Å²) >= 11 is 0. The van der Waals surface area contributed by atoms with E-state index >= 15 is 0 Å². The zero-order chi connectivity index (χ0) is 20.3. The van der Waals surface area contributed by atoms with Gasteiger partial charge in [0.25, 0.3) is 5.91 Å². The highest BCUT2D eigenvalue weighted by Gasteiger charge is 2.31. The lowest BCUT2D eigenvalue weighted by atomic mass is 10.0. The first-order valence-electron chi connectivity index (χ1n) is 8.34. The van der Waals surface area contributed by atoms with E-state index in [-0.39, 0.29) is 5.56 Å². The zero-order valence-electron chi connectivity index (χ0n) is 15.0. The maximum atomic E-state index is 13.0. The molecular weight excluding hydrogens is 371 g/mol. The molecule has 3 rings (SSSR count). The predicted octanol–water partition coefficient (Wildman–Crippen LogP) is 3.75. The van der Waals surface area contributed by atoms with Gasteiger partial charge in [-0.25, -0.2) is 15.0 Å². The molecule has 0 bridgehead atoms. The smallest absolute Gasteiger partial charge is 0.344 e. The Kier molecular flexibility index (Phi) is 5.34. The molecule has 6 nitrogen and oxygen atoms in total. The Bertz CT molecular complexity index is 992. The lowest BCUT2D eigenvalue weighted by molar-refractivity contribution is -0.137. The second-order valence-corrected chi connectivity index (χ2v) is 6.14. The van der Waals surface area contributed by atoms with Crippen LogP contribution in [0.3, 0.4) is 0 Å². The summed E-state index contributed by atoms with van der Waals surface area (Å²) in [7, 11) is 0. The minimum Gasteiger partial charge on any atom is -0.344 e. The Morgan fingerprint density at radius 2 is 1.68 bits per heavy atom. The van der Waals surface area contributed by atoms with Crippen molar-refractivity contribution < 1.29 is 18.0 Å². The highest BCUT2D eigenvalue weighted by molar-refractivity contribution is 5.95. The van der Waals surface area contributed by atoms with Crippen molar-refractivity contribution in [3.05, 3.63) is 71.4 Å². The third kappa shape index (κ3) is 4.30. The van der Waals surface area contributed by atoms with E-state index in [2.05, 4.69) is 25.3 Å². The third-order valence-electron chi connectivity index (χ3n) is 3.93. The number of carbonyl (C=O) groups excluding carboxylic acids is 1. The lowest BCUT2D eigenvalue weighted by Crippen LogP contribution is -2.28. The molecule has 28 heavy (non-hydrogen) atoms. The summed E-state index contributed by atoms with van der Waals surface area (Å²) in [4.78, 5) is 29.3. The molecule has 0 radical (unpaired) electrons. The van der Waals surface area contributed by atoms with Crippen LogP contribution >= 0.6 is 0 Å². The average molecular weight is 387 g/mol. The molecule has 9 heteroatoms. The Morgan fingerprint density at radius 1 is 1.00 bits per heavy atom. The number of rotatable bonds is 4. The number of aromatic nitrogens is 4. The van der Waals surface area contributed by atoms with Crippen molar-refractivity contribution >= 4 is 5.91 Å².